The molecule has 8 heteroatoms. The van der Waals surface area contributed by atoms with Crippen LogP contribution in [0.25, 0.3) is 10.8 Å². The number of nitrogens with one attached hydrogen (secondary N) is 1. The number of rotatable bonds is 5. The lowest BCUT2D eigenvalue weighted by Gasteiger charge is -2.36. The van der Waals surface area contributed by atoms with Crippen LogP contribution in [0.1, 0.15) is 29.8 Å². The summed E-state index contributed by atoms with van der Waals surface area (Å²) in [5.74, 6) is 0.0445. The molecule has 2 aromatic heterocycles. The topological polar surface area (TPSA) is 47.0 Å². The van der Waals surface area contributed by atoms with Crippen molar-refractivity contribution in [1.29, 1.82) is 0 Å². The molecule has 0 aliphatic heterocycles. The minimum absolute atomic E-state index is 0.102. The summed E-state index contributed by atoms with van der Waals surface area (Å²) in [5.41, 5.74) is 0.483. The van der Waals surface area contributed by atoms with Crippen molar-refractivity contribution in [2.45, 2.75) is 44.6 Å². The molecule has 1 fully saturated rings. The fraction of sp³-hybridized carbons (Fsp3) is 0.333. The standard InChI is InChI=1S/C21H19F4N3O/c1-12-6-17-13(9-26-12)2-4-19(22)18(17)11-27-14-7-16(8-14)29-15-3-5-20(28-10-15)21(23,24)25/h2-6,9-10,14,16,27H,7-8,11H2,1H3. The quantitative estimate of drug-likeness (QED) is 0.620. The molecule has 1 aliphatic rings. The molecule has 4 rings (SSSR count). The summed E-state index contributed by atoms with van der Waals surface area (Å²) in [5, 5.41) is 5.06. The van der Waals surface area contributed by atoms with Gasteiger partial charge in [-0.25, -0.2) is 9.37 Å². The zero-order valence-electron chi connectivity index (χ0n) is 15.6. The van der Waals surface area contributed by atoms with Crippen molar-refractivity contribution >= 4 is 10.8 Å². The molecule has 1 N–H and O–H groups in total. The molecule has 0 spiro atoms. The molecule has 0 atom stereocenters. The summed E-state index contributed by atoms with van der Waals surface area (Å²) in [4.78, 5) is 7.63. The lowest BCUT2D eigenvalue weighted by Crippen LogP contribution is -2.46. The van der Waals surface area contributed by atoms with Gasteiger partial charge in [0.1, 0.15) is 23.4 Å². The van der Waals surface area contributed by atoms with E-state index in [0.717, 1.165) is 28.7 Å². The molecule has 0 radical (unpaired) electrons. The number of fused-ring (bicyclic) bond motifs is 1. The van der Waals surface area contributed by atoms with E-state index in [1.807, 2.05) is 13.0 Å². The Morgan fingerprint density at radius 3 is 2.59 bits per heavy atom. The largest absolute Gasteiger partial charge is 0.489 e. The molecular formula is C21H19F4N3O. The second-order valence-electron chi connectivity index (χ2n) is 7.24. The molecule has 2 heterocycles. The van der Waals surface area contributed by atoms with Gasteiger partial charge in [-0.1, -0.05) is 0 Å². The maximum atomic E-state index is 14.3. The summed E-state index contributed by atoms with van der Waals surface area (Å²) in [6.45, 7) is 2.25. The summed E-state index contributed by atoms with van der Waals surface area (Å²) < 4.78 is 57.6. The fourth-order valence-corrected chi connectivity index (χ4v) is 3.42. The van der Waals surface area contributed by atoms with E-state index >= 15 is 0 Å². The number of hydrogen-bond donors (Lipinski definition) is 1. The smallest absolute Gasteiger partial charge is 0.433 e. The number of benzene rings is 1. The molecule has 152 valence electrons. The van der Waals surface area contributed by atoms with Crippen LogP contribution in [0.15, 0.2) is 42.7 Å². The van der Waals surface area contributed by atoms with Gasteiger partial charge in [0, 0.05) is 35.4 Å². The number of alkyl halides is 3. The molecule has 0 unspecified atom stereocenters. The van der Waals surface area contributed by atoms with Crippen LogP contribution in [-0.4, -0.2) is 22.1 Å². The lowest BCUT2D eigenvalue weighted by atomic mass is 9.89. The van der Waals surface area contributed by atoms with Crippen LogP contribution in [-0.2, 0) is 12.7 Å². The Balaban J connectivity index is 1.32. The molecule has 0 bridgehead atoms. The molecular weight excluding hydrogens is 386 g/mol. The van der Waals surface area contributed by atoms with Crippen molar-refractivity contribution in [2.75, 3.05) is 0 Å². The van der Waals surface area contributed by atoms with E-state index in [0.29, 0.717) is 30.7 Å². The van der Waals surface area contributed by atoms with Crippen molar-refractivity contribution in [1.82, 2.24) is 15.3 Å². The normalized spacial score (nSPS) is 19.2. The van der Waals surface area contributed by atoms with Gasteiger partial charge in [-0.2, -0.15) is 13.2 Å². The minimum Gasteiger partial charge on any atom is -0.489 e. The Kier molecular flexibility index (Phi) is 5.12. The zero-order chi connectivity index (χ0) is 20.6. The van der Waals surface area contributed by atoms with E-state index in [1.54, 1.807) is 12.3 Å². The van der Waals surface area contributed by atoms with E-state index in [4.69, 9.17) is 4.74 Å². The van der Waals surface area contributed by atoms with Gasteiger partial charge in [0.2, 0.25) is 0 Å². The highest BCUT2D eigenvalue weighted by Gasteiger charge is 2.33. The molecule has 3 aromatic rings. The van der Waals surface area contributed by atoms with Gasteiger partial charge in [-0.3, -0.25) is 4.98 Å². The van der Waals surface area contributed by atoms with E-state index in [-0.39, 0.29) is 18.0 Å². The monoisotopic (exact) mass is 405 g/mol. The lowest BCUT2D eigenvalue weighted by molar-refractivity contribution is -0.141. The first-order valence-electron chi connectivity index (χ1n) is 9.26. The van der Waals surface area contributed by atoms with Crippen LogP contribution in [0.4, 0.5) is 17.6 Å². The van der Waals surface area contributed by atoms with Gasteiger partial charge in [-0.15, -0.1) is 0 Å². The van der Waals surface area contributed by atoms with Gasteiger partial charge in [0.25, 0.3) is 0 Å². The molecule has 0 amide bonds. The summed E-state index contributed by atoms with van der Waals surface area (Å²) >= 11 is 0. The Hall–Kier alpha value is -2.74. The number of halogens is 4. The zero-order valence-corrected chi connectivity index (χ0v) is 15.6. The van der Waals surface area contributed by atoms with E-state index in [9.17, 15) is 17.6 Å². The van der Waals surface area contributed by atoms with Crippen molar-refractivity contribution in [3.8, 4) is 5.75 Å². The molecule has 29 heavy (non-hydrogen) atoms. The van der Waals surface area contributed by atoms with Gasteiger partial charge < -0.3 is 10.1 Å². The predicted molar refractivity (Wildman–Crippen MR) is 100.0 cm³/mol. The highest BCUT2D eigenvalue weighted by atomic mass is 19.4. The van der Waals surface area contributed by atoms with E-state index < -0.39 is 11.9 Å². The number of aryl methyl sites for hydroxylation is 1. The van der Waals surface area contributed by atoms with Gasteiger partial charge in [0.15, 0.2) is 0 Å². The minimum atomic E-state index is -4.46. The van der Waals surface area contributed by atoms with Crippen LogP contribution in [0, 0.1) is 12.7 Å². The number of ether oxygens (including phenoxy) is 1. The number of aromatic nitrogens is 2. The third-order valence-corrected chi connectivity index (χ3v) is 5.09. The second-order valence-corrected chi connectivity index (χ2v) is 7.24. The second kappa shape index (κ2) is 7.59. The van der Waals surface area contributed by atoms with Crippen LogP contribution in [0.2, 0.25) is 0 Å². The fourth-order valence-electron chi connectivity index (χ4n) is 3.42. The number of hydrogen-bond acceptors (Lipinski definition) is 4. The maximum absolute atomic E-state index is 14.3. The predicted octanol–water partition coefficient (Wildman–Crippen LogP) is 4.80. The van der Waals surface area contributed by atoms with Crippen molar-refractivity contribution in [2.24, 2.45) is 0 Å². The average Bonchev–Trinajstić information content (AvgIpc) is 2.64. The third kappa shape index (κ3) is 4.32. The third-order valence-electron chi connectivity index (χ3n) is 5.09. The average molecular weight is 405 g/mol. The van der Waals surface area contributed by atoms with Crippen LogP contribution < -0.4 is 10.1 Å². The van der Waals surface area contributed by atoms with Gasteiger partial charge in [-0.05, 0) is 55.5 Å². The summed E-state index contributed by atoms with van der Waals surface area (Å²) in [7, 11) is 0. The highest BCUT2D eigenvalue weighted by Crippen LogP contribution is 2.30. The van der Waals surface area contributed by atoms with Crippen molar-refractivity contribution in [3.63, 3.8) is 0 Å². The van der Waals surface area contributed by atoms with Crippen LogP contribution in [0.5, 0.6) is 5.75 Å². The van der Waals surface area contributed by atoms with Crippen molar-refractivity contribution < 1.29 is 22.3 Å². The highest BCUT2D eigenvalue weighted by molar-refractivity contribution is 5.85. The van der Waals surface area contributed by atoms with Crippen LogP contribution >= 0.6 is 0 Å². The summed E-state index contributed by atoms with van der Waals surface area (Å²) in [6, 6.07) is 7.37. The Bertz CT molecular complexity index is 1010. The molecule has 1 saturated carbocycles. The van der Waals surface area contributed by atoms with Crippen molar-refractivity contribution in [3.05, 3.63) is 65.5 Å². The summed E-state index contributed by atoms with van der Waals surface area (Å²) in [6.07, 6.45) is -0.364. The first kappa shape index (κ1) is 19.6. The van der Waals surface area contributed by atoms with E-state index in [2.05, 4.69) is 15.3 Å². The number of nitrogens with zero attached hydrogens (tertiary/aromatic N) is 2. The SMILES string of the molecule is Cc1cc2c(CNC3CC(Oc4ccc(C(F)(F)F)nc4)C3)c(F)ccc2cn1. The van der Waals surface area contributed by atoms with E-state index in [1.165, 1.54) is 12.1 Å². The van der Waals surface area contributed by atoms with Gasteiger partial charge in [0.05, 0.1) is 6.20 Å². The number of pyridine rings is 2. The Morgan fingerprint density at radius 1 is 1.10 bits per heavy atom. The Labute approximate surface area is 164 Å². The van der Waals surface area contributed by atoms with Gasteiger partial charge >= 0.3 is 6.18 Å². The molecule has 4 nitrogen and oxygen atoms in total. The first-order chi connectivity index (χ1) is 13.8. The first-order valence-corrected chi connectivity index (χ1v) is 9.26. The molecule has 1 aromatic carbocycles. The Morgan fingerprint density at radius 2 is 1.90 bits per heavy atom. The van der Waals surface area contributed by atoms with Crippen LogP contribution in [0.3, 0.4) is 0 Å². The maximum Gasteiger partial charge on any atom is 0.433 e. The molecule has 0 saturated heterocycles. The molecule has 1 aliphatic carbocycles.